The fourth-order valence-corrected chi connectivity index (χ4v) is 3.03. The van der Waals surface area contributed by atoms with Gasteiger partial charge in [-0.25, -0.2) is 4.98 Å². The van der Waals surface area contributed by atoms with Crippen LogP contribution in [0.1, 0.15) is 63.1 Å². The van der Waals surface area contributed by atoms with E-state index in [4.69, 9.17) is 21.7 Å². The van der Waals surface area contributed by atoms with E-state index in [9.17, 15) is 10.1 Å². The summed E-state index contributed by atoms with van der Waals surface area (Å²) in [6.45, 7) is 9.33. The first kappa shape index (κ1) is 29.5. The highest BCUT2D eigenvalue weighted by molar-refractivity contribution is 6.29. The quantitative estimate of drug-likeness (QED) is 0.194. The summed E-state index contributed by atoms with van der Waals surface area (Å²) in [5.74, 6) is 0.720. The van der Waals surface area contributed by atoms with Gasteiger partial charge in [-0.3, -0.25) is 10.1 Å². The fraction of sp³-hybridized carbons (Fsp3) is 0.500. The van der Waals surface area contributed by atoms with Crippen molar-refractivity contribution in [1.29, 1.82) is 5.41 Å². The van der Waals surface area contributed by atoms with Crippen LogP contribution < -0.4 is 10.1 Å². The summed E-state index contributed by atoms with van der Waals surface area (Å²) in [5.41, 5.74) is 3.59. The molecule has 178 valence electrons. The highest BCUT2D eigenvalue weighted by Gasteiger charge is 2.10. The van der Waals surface area contributed by atoms with E-state index in [2.05, 4.69) is 24.1 Å². The van der Waals surface area contributed by atoms with Crippen LogP contribution in [-0.2, 0) is 6.42 Å². The molecule has 0 atom stereocenters. The predicted molar refractivity (Wildman–Crippen MR) is 134 cm³/mol. The molecule has 2 N–H and O–H groups in total. The number of methoxy groups -OCH3 is 1. The third kappa shape index (κ3) is 11.2. The van der Waals surface area contributed by atoms with Crippen molar-refractivity contribution >= 4 is 23.0 Å². The summed E-state index contributed by atoms with van der Waals surface area (Å²) >= 11 is 5.72. The number of rotatable bonds is 9. The lowest BCUT2D eigenvalue weighted by atomic mass is 10.0. The van der Waals surface area contributed by atoms with Gasteiger partial charge in [0.15, 0.2) is 0 Å². The van der Waals surface area contributed by atoms with E-state index in [-0.39, 0.29) is 5.69 Å². The number of hydrogen-bond acceptors (Lipinski definition) is 6. The Morgan fingerprint density at radius 1 is 1.22 bits per heavy atom. The maximum Gasteiger partial charge on any atom is 0.269 e. The lowest BCUT2D eigenvalue weighted by Gasteiger charge is -2.06. The van der Waals surface area contributed by atoms with E-state index in [0.717, 1.165) is 54.7 Å². The van der Waals surface area contributed by atoms with Crippen LogP contribution in [0.5, 0.6) is 5.75 Å². The zero-order chi connectivity index (χ0) is 24.5. The van der Waals surface area contributed by atoms with Crippen LogP contribution in [0.3, 0.4) is 0 Å². The molecule has 0 fully saturated rings. The number of non-ortho nitro benzene ring substituents is 1. The molecule has 1 heterocycles. The Hall–Kier alpha value is -2.51. The zero-order valence-corrected chi connectivity index (χ0v) is 20.9. The number of nitrogens with one attached hydrogen (secondary N) is 2. The molecular weight excluding hydrogens is 428 g/mol. The molecule has 0 radical (unpaired) electrons. The van der Waals surface area contributed by atoms with Gasteiger partial charge >= 0.3 is 0 Å². The third-order valence-electron chi connectivity index (χ3n) is 4.40. The summed E-state index contributed by atoms with van der Waals surface area (Å²) in [7, 11) is 3.53. The molecule has 2 rings (SSSR count). The molecule has 32 heavy (non-hydrogen) atoms. The molecule has 0 saturated heterocycles. The molecule has 8 heteroatoms. The Balaban J connectivity index is 0.000000499. The van der Waals surface area contributed by atoms with E-state index < -0.39 is 4.92 Å². The van der Waals surface area contributed by atoms with Crippen LogP contribution in [-0.4, -0.2) is 36.3 Å². The molecule has 1 aromatic carbocycles. The second kappa shape index (κ2) is 17.1. The molecule has 0 aliphatic rings. The van der Waals surface area contributed by atoms with Crippen molar-refractivity contribution in [3.05, 3.63) is 62.4 Å². The first-order chi connectivity index (χ1) is 15.2. The van der Waals surface area contributed by atoms with Crippen molar-refractivity contribution in [2.75, 3.05) is 20.7 Å². The number of pyridine rings is 1. The van der Waals surface area contributed by atoms with Gasteiger partial charge in [-0.2, -0.15) is 0 Å². The highest BCUT2D eigenvalue weighted by atomic mass is 35.5. The minimum atomic E-state index is -0.390. The number of aryl methyl sites for hydroxylation is 2. The fourth-order valence-electron chi connectivity index (χ4n) is 2.82. The molecule has 0 aliphatic carbocycles. The van der Waals surface area contributed by atoms with Crippen LogP contribution in [0.15, 0.2) is 30.5 Å². The van der Waals surface area contributed by atoms with Gasteiger partial charge in [0.25, 0.3) is 5.69 Å². The number of halogens is 1. The Morgan fingerprint density at radius 2 is 1.91 bits per heavy atom. The van der Waals surface area contributed by atoms with Gasteiger partial charge in [0.05, 0.1) is 12.0 Å². The van der Waals surface area contributed by atoms with Crippen molar-refractivity contribution in [2.24, 2.45) is 0 Å². The standard InChI is InChI=1S/C10H13ClN2.C10H13NO3.C4H11N/c1-3-4-9(12)8-6-13-10(11)5-7(8)2;1-3-4-8-7-9(11(12)13)5-6-10(8)14-2;1-3-4-5-2/h5-6,12H,3-4H2,1-2H3;5-7H,3-4H2,1-2H3;5H,3-4H2,1-2H3. The summed E-state index contributed by atoms with van der Waals surface area (Å²) < 4.78 is 5.11. The first-order valence-corrected chi connectivity index (χ1v) is 11.3. The number of hydrogen-bond donors (Lipinski definition) is 2. The lowest BCUT2D eigenvalue weighted by Crippen LogP contribution is -2.04. The zero-order valence-electron chi connectivity index (χ0n) is 20.1. The van der Waals surface area contributed by atoms with Crippen molar-refractivity contribution in [3.8, 4) is 5.75 Å². The number of benzene rings is 1. The molecule has 0 unspecified atom stereocenters. The summed E-state index contributed by atoms with van der Waals surface area (Å²) in [6, 6.07) is 6.46. The number of nitro groups is 1. The monoisotopic (exact) mass is 464 g/mol. The Morgan fingerprint density at radius 3 is 2.34 bits per heavy atom. The van der Waals surface area contributed by atoms with Gasteiger partial charge in [0, 0.05) is 35.2 Å². The van der Waals surface area contributed by atoms with Crippen molar-refractivity contribution in [3.63, 3.8) is 0 Å². The minimum Gasteiger partial charge on any atom is -0.496 e. The van der Waals surface area contributed by atoms with E-state index in [1.54, 1.807) is 31.5 Å². The van der Waals surface area contributed by atoms with Gasteiger partial charge in [-0.1, -0.05) is 45.2 Å². The topological polar surface area (TPSA) is 101 Å². The molecule has 0 saturated carbocycles. The molecule has 0 aliphatic heterocycles. The largest absolute Gasteiger partial charge is 0.496 e. The van der Waals surface area contributed by atoms with E-state index in [1.807, 2.05) is 20.9 Å². The second-order valence-electron chi connectivity index (χ2n) is 7.16. The number of nitro benzene ring substituents is 1. The van der Waals surface area contributed by atoms with Gasteiger partial charge in [-0.05, 0) is 57.5 Å². The van der Waals surface area contributed by atoms with Crippen molar-refractivity contribution in [1.82, 2.24) is 10.3 Å². The van der Waals surface area contributed by atoms with Crippen LogP contribution in [0.2, 0.25) is 5.15 Å². The maximum atomic E-state index is 10.5. The summed E-state index contributed by atoms with van der Waals surface area (Å²) in [6.07, 6.45) is 6.43. The maximum absolute atomic E-state index is 10.5. The molecule has 7 nitrogen and oxygen atoms in total. The van der Waals surface area contributed by atoms with Gasteiger partial charge in [0.1, 0.15) is 10.9 Å². The third-order valence-corrected chi connectivity index (χ3v) is 4.60. The number of aromatic nitrogens is 1. The van der Waals surface area contributed by atoms with Crippen LogP contribution in [0.4, 0.5) is 5.69 Å². The molecule has 0 bridgehead atoms. The average Bonchev–Trinajstić information content (AvgIpc) is 2.75. The van der Waals surface area contributed by atoms with E-state index in [0.29, 0.717) is 10.9 Å². The van der Waals surface area contributed by atoms with Gasteiger partial charge in [0.2, 0.25) is 0 Å². The van der Waals surface area contributed by atoms with Crippen molar-refractivity contribution < 1.29 is 9.66 Å². The highest BCUT2D eigenvalue weighted by Crippen LogP contribution is 2.24. The molecule has 0 spiro atoms. The molecule has 0 amide bonds. The Kier molecular flexibility index (Phi) is 15.8. The molecule has 1 aromatic heterocycles. The first-order valence-electron chi connectivity index (χ1n) is 10.9. The smallest absolute Gasteiger partial charge is 0.269 e. The van der Waals surface area contributed by atoms with Gasteiger partial charge in [-0.15, -0.1) is 0 Å². The van der Waals surface area contributed by atoms with Crippen molar-refractivity contribution in [2.45, 2.75) is 59.8 Å². The average molecular weight is 465 g/mol. The van der Waals surface area contributed by atoms with Gasteiger partial charge < -0.3 is 15.5 Å². The van der Waals surface area contributed by atoms with Crippen LogP contribution in [0.25, 0.3) is 0 Å². The Bertz CT molecular complexity index is 842. The summed E-state index contributed by atoms with van der Waals surface area (Å²) in [4.78, 5) is 14.1. The summed E-state index contributed by atoms with van der Waals surface area (Å²) in [5, 5.41) is 21.8. The second-order valence-corrected chi connectivity index (χ2v) is 7.54. The normalized spacial score (nSPS) is 9.72. The molecule has 2 aromatic rings. The predicted octanol–water partition coefficient (Wildman–Crippen LogP) is 6.38. The number of ether oxygens (including phenoxy) is 1. The Labute approximate surface area is 197 Å². The number of nitrogens with zero attached hydrogens (tertiary/aromatic N) is 2. The van der Waals surface area contributed by atoms with Crippen LogP contribution in [0, 0.1) is 22.4 Å². The SMILES string of the molecule is CCCC(=N)c1cnc(Cl)cc1C.CCCNC.CCCc1cc([N+](=O)[O-])ccc1OC. The molecular formula is C24H37ClN4O3. The minimum absolute atomic E-state index is 0.120. The van der Waals surface area contributed by atoms with E-state index >= 15 is 0 Å². The van der Waals surface area contributed by atoms with E-state index in [1.165, 1.54) is 12.5 Å². The van der Waals surface area contributed by atoms with Crippen LogP contribution >= 0.6 is 11.6 Å². The lowest BCUT2D eigenvalue weighted by molar-refractivity contribution is -0.384.